The number of nitrogens with one attached hydrogen (secondary N) is 1. The molecular weight excluding hydrogens is 239 g/mol. The monoisotopic (exact) mass is 264 g/mol. The molecule has 2 rings (SSSR count). The van der Waals surface area contributed by atoms with E-state index in [-0.39, 0.29) is 5.82 Å². The van der Waals surface area contributed by atoms with E-state index in [0.717, 1.165) is 26.2 Å². The SMILES string of the molecule is CCCCC[C@H](c1ccc(F)cc1)N1CCNCC1. The largest absolute Gasteiger partial charge is 0.314 e. The third-order valence-electron chi connectivity index (χ3n) is 3.93. The summed E-state index contributed by atoms with van der Waals surface area (Å²) < 4.78 is 13.1. The van der Waals surface area contributed by atoms with Crippen LogP contribution in [0, 0.1) is 5.82 Å². The zero-order valence-electron chi connectivity index (χ0n) is 11.9. The molecule has 1 aliphatic heterocycles. The van der Waals surface area contributed by atoms with E-state index in [0.29, 0.717) is 6.04 Å². The first-order valence-corrected chi connectivity index (χ1v) is 7.51. The molecule has 3 heteroatoms. The maximum atomic E-state index is 13.1. The van der Waals surface area contributed by atoms with Crippen molar-refractivity contribution in [2.45, 2.75) is 38.6 Å². The normalized spacial score (nSPS) is 18.4. The molecule has 19 heavy (non-hydrogen) atoms. The van der Waals surface area contributed by atoms with Gasteiger partial charge >= 0.3 is 0 Å². The molecule has 0 aromatic heterocycles. The van der Waals surface area contributed by atoms with Crippen LogP contribution in [0.2, 0.25) is 0 Å². The Balaban J connectivity index is 2.05. The van der Waals surface area contributed by atoms with Crippen molar-refractivity contribution in [2.24, 2.45) is 0 Å². The number of piperazine rings is 1. The fourth-order valence-electron chi connectivity index (χ4n) is 2.83. The summed E-state index contributed by atoms with van der Waals surface area (Å²) in [5.74, 6) is -0.142. The Bertz CT molecular complexity index is 358. The van der Waals surface area contributed by atoms with Crippen LogP contribution in [0.5, 0.6) is 0 Å². The topological polar surface area (TPSA) is 15.3 Å². The van der Waals surface area contributed by atoms with Crippen LogP contribution in [0.3, 0.4) is 0 Å². The summed E-state index contributed by atoms with van der Waals surface area (Å²) in [6.07, 6.45) is 4.96. The molecule has 1 aromatic carbocycles. The lowest BCUT2D eigenvalue weighted by Gasteiger charge is -2.35. The summed E-state index contributed by atoms with van der Waals surface area (Å²) in [7, 11) is 0. The molecule has 0 saturated carbocycles. The second-order valence-electron chi connectivity index (χ2n) is 5.35. The van der Waals surface area contributed by atoms with Crippen LogP contribution < -0.4 is 5.32 Å². The first-order chi connectivity index (χ1) is 9.31. The molecule has 0 aliphatic carbocycles. The van der Waals surface area contributed by atoms with E-state index in [1.54, 1.807) is 12.1 Å². The van der Waals surface area contributed by atoms with Crippen LogP contribution in [-0.2, 0) is 0 Å². The van der Waals surface area contributed by atoms with E-state index in [2.05, 4.69) is 17.1 Å². The summed E-state index contributed by atoms with van der Waals surface area (Å²) >= 11 is 0. The van der Waals surface area contributed by atoms with Crippen molar-refractivity contribution < 1.29 is 4.39 Å². The van der Waals surface area contributed by atoms with Crippen LogP contribution in [0.15, 0.2) is 24.3 Å². The van der Waals surface area contributed by atoms with Gasteiger partial charge in [0.05, 0.1) is 0 Å². The number of rotatable bonds is 6. The fraction of sp³-hybridized carbons (Fsp3) is 0.625. The fourth-order valence-corrected chi connectivity index (χ4v) is 2.83. The van der Waals surface area contributed by atoms with Gasteiger partial charge in [0.25, 0.3) is 0 Å². The predicted molar refractivity (Wildman–Crippen MR) is 77.7 cm³/mol. The average molecular weight is 264 g/mol. The molecule has 1 heterocycles. The molecule has 0 radical (unpaired) electrons. The lowest BCUT2D eigenvalue weighted by atomic mass is 9.98. The zero-order chi connectivity index (χ0) is 13.5. The Labute approximate surface area is 116 Å². The molecule has 1 fully saturated rings. The minimum absolute atomic E-state index is 0.142. The van der Waals surface area contributed by atoms with Gasteiger partial charge in [0.1, 0.15) is 5.82 Å². The van der Waals surface area contributed by atoms with Crippen LogP contribution >= 0.6 is 0 Å². The zero-order valence-corrected chi connectivity index (χ0v) is 11.9. The van der Waals surface area contributed by atoms with E-state index in [9.17, 15) is 4.39 Å². The van der Waals surface area contributed by atoms with Crippen molar-refractivity contribution in [3.8, 4) is 0 Å². The summed E-state index contributed by atoms with van der Waals surface area (Å²) in [6, 6.07) is 7.53. The van der Waals surface area contributed by atoms with Gasteiger partial charge < -0.3 is 5.32 Å². The Morgan fingerprint density at radius 2 is 1.84 bits per heavy atom. The number of hydrogen-bond acceptors (Lipinski definition) is 2. The Hall–Kier alpha value is -0.930. The number of benzene rings is 1. The molecule has 2 nitrogen and oxygen atoms in total. The minimum Gasteiger partial charge on any atom is -0.314 e. The predicted octanol–water partition coefficient (Wildman–Crippen LogP) is 3.35. The van der Waals surface area contributed by atoms with Gasteiger partial charge in [-0.25, -0.2) is 4.39 Å². The van der Waals surface area contributed by atoms with Crippen LogP contribution in [-0.4, -0.2) is 31.1 Å². The molecule has 1 N–H and O–H groups in total. The first-order valence-electron chi connectivity index (χ1n) is 7.51. The van der Waals surface area contributed by atoms with Crippen molar-refractivity contribution in [1.29, 1.82) is 0 Å². The van der Waals surface area contributed by atoms with Gasteiger partial charge in [-0.3, -0.25) is 4.90 Å². The second kappa shape index (κ2) is 7.61. The maximum absolute atomic E-state index is 13.1. The van der Waals surface area contributed by atoms with Gasteiger partial charge in [-0.05, 0) is 24.1 Å². The molecule has 0 unspecified atom stereocenters. The second-order valence-corrected chi connectivity index (χ2v) is 5.35. The van der Waals surface area contributed by atoms with E-state index in [1.165, 1.54) is 31.2 Å². The lowest BCUT2D eigenvalue weighted by Crippen LogP contribution is -2.45. The minimum atomic E-state index is -0.142. The van der Waals surface area contributed by atoms with Crippen molar-refractivity contribution >= 4 is 0 Å². The van der Waals surface area contributed by atoms with Gasteiger partial charge in [0.2, 0.25) is 0 Å². The highest BCUT2D eigenvalue weighted by molar-refractivity contribution is 5.20. The Morgan fingerprint density at radius 1 is 1.16 bits per heavy atom. The van der Waals surface area contributed by atoms with Gasteiger partial charge in [0.15, 0.2) is 0 Å². The Kier molecular flexibility index (Phi) is 5.80. The smallest absolute Gasteiger partial charge is 0.123 e. The molecule has 0 spiro atoms. The van der Waals surface area contributed by atoms with E-state index < -0.39 is 0 Å². The van der Waals surface area contributed by atoms with Crippen molar-refractivity contribution in [3.63, 3.8) is 0 Å². The highest BCUT2D eigenvalue weighted by Gasteiger charge is 2.21. The molecule has 106 valence electrons. The summed E-state index contributed by atoms with van der Waals surface area (Å²) in [5.41, 5.74) is 1.26. The summed E-state index contributed by atoms with van der Waals surface area (Å²) in [4.78, 5) is 2.54. The molecule has 1 atom stereocenters. The quantitative estimate of drug-likeness (QED) is 0.793. The third-order valence-corrected chi connectivity index (χ3v) is 3.93. The molecule has 1 saturated heterocycles. The number of halogens is 1. The van der Waals surface area contributed by atoms with Gasteiger partial charge in [-0.1, -0.05) is 38.3 Å². The maximum Gasteiger partial charge on any atom is 0.123 e. The van der Waals surface area contributed by atoms with Crippen LogP contribution in [0.1, 0.15) is 44.2 Å². The molecule has 1 aliphatic rings. The number of hydrogen-bond donors (Lipinski definition) is 1. The summed E-state index contributed by atoms with van der Waals surface area (Å²) in [6.45, 7) is 6.54. The molecular formula is C16H25FN2. The van der Waals surface area contributed by atoms with E-state index in [4.69, 9.17) is 0 Å². The highest BCUT2D eigenvalue weighted by atomic mass is 19.1. The van der Waals surface area contributed by atoms with Crippen molar-refractivity contribution in [2.75, 3.05) is 26.2 Å². The van der Waals surface area contributed by atoms with Gasteiger partial charge in [-0.2, -0.15) is 0 Å². The van der Waals surface area contributed by atoms with E-state index in [1.807, 2.05) is 12.1 Å². The first kappa shape index (κ1) is 14.5. The highest BCUT2D eigenvalue weighted by Crippen LogP contribution is 2.27. The lowest BCUT2D eigenvalue weighted by molar-refractivity contribution is 0.162. The number of unbranched alkanes of at least 4 members (excludes halogenated alkanes) is 2. The van der Waals surface area contributed by atoms with Gasteiger partial charge in [-0.15, -0.1) is 0 Å². The van der Waals surface area contributed by atoms with Crippen LogP contribution in [0.4, 0.5) is 4.39 Å². The van der Waals surface area contributed by atoms with Crippen molar-refractivity contribution in [1.82, 2.24) is 10.2 Å². The molecule has 0 amide bonds. The summed E-state index contributed by atoms with van der Waals surface area (Å²) in [5, 5.41) is 3.40. The third kappa shape index (κ3) is 4.29. The average Bonchev–Trinajstić information content (AvgIpc) is 2.46. The van der Waals surface area contributed by atoms with Crippen LogP contribution in [0.25, 0.3) is 0 Å². The molecule has 1 aromatic rings. The molecule has 0 bridgehead atoms. The van der Waals surface area contributed by atoms with Crippen molar-refractivity contribution in [3.05, 3.63) is 35.6 Å². The van der Waals surface area contributed by atoms with Gasteiger partial charge in [0, 0.05) is 32.2 Å². The standard InChI is InChI=1S/C16H25FN2/c1-2-3-4-5-16(19-12-10-18-11-13-19)14-6-8-15(17)9-7-14/h6-9,16,18H,2-5,10-13H2,1H3/t16-/m1/s1. The number of nitrogens with zero attached hydrogens (tertiary/aromatic N) is 1. The Morgan fingerprint density at radius 3 is 2.47 bits per heavy atom. The van der Waals surface area contributed by atoms with E-state index >= 15 is 0 Å².